The first-order valence-corrected chi connectivity index (χ1v) is 10.8. The third kappa shape index (κ3) is 4.22. The third-order valence-corrected chi connectivity index (χ3v) is 5.70. The first-order chi connectivity index (χ1) is 8.95. The summed E-state index contributed by atoms with van der Waals surface area (Å²) in [6.07, 6.45) is 0. The van der Waals surface area contributed by atoms with Crippen LogP contribution in [0.15, 0.2) is 53.0 Å². The van der Waals surface area contributed by atoms with Gasteiger partial charge in [-0.3, -0.25) is 0 Å². The lowest BCUT2D eigenvalue weighted by molar-refractivity contribution is 1.15. The maximum absolute atomic E-state index is 3.48. The van der Waals surface area contributed by atoms with Crippen LogP contribution in [0.25, 0.3) is 0 Å². The molecule has 0 bridgehead atoms. The van der Waals surface area contributed by atoms with Crippen molar-refractivity contribution in [2.75, 3.05) is 5.32 Å². The van der Waals surface area contributed by atoms with Gasteiger partial charge in [-0.2, -0.15) is 0 Å². The smallest absolute Gasteiger partial charge is 0.0775 e. The molecule has 100 valence electrons. The molecule has 0 heterocycles. The van der Waals surface area contributed by atoms with E-state index < -0.39 is 8.07 Å². The summed E-state index contributed by atoms with van der Waals surface area (Å²) in [4.78, 5) is 0. The summed E-state index contributed by atoms with van der Waals surface area (Å²) >= 11 is 3.48. The Labute approximate surface area is 125 Å². The summed E-state index contributed by atoms with van der Waals surface area (Å²) < 4.78 is 1.10. The minimum atomic E-state index is -1.18. The van der Waals surface area contributed by atoms with Gasteiger partial charge in [-0.15, -0.1) is 0 Å². The number of rotatable bonds is 4. The number of nitrogens with one attached hydrogen (secondary N) is 1. The van der Waals surface area contributed by atoms with Crippen molar-refractivity contribution in [3.8, 4) is 0 Å². The molecule has 0 aliphatic heterocycles. The van der Waals surface area contributed by atoms with Crippen molar-refractivity contribution in [1.82, 2.24) is 0 Å². The number of hydrogen-bond acceptors (Lipinski definition) is 1. The summed E-state index contributed by atoms with van der Waals surface area (Å²) in [6.45, 7) is 7.99. The Morgan fingerprint density at radius 2 is 1.68 bits per heavy atom. The van der Waals surface area contributed by atoms with Gasteiger partial charge in [0, 0.05) is 16.7 Å². The molecule has 0 fully saturated rings. The highest BCUT2D eigenvalue weighted by molar-refractivity contribution is 9.10. The van der Waals surface area contributed by atoms with Crippen molar-refractivity contribution < 1.29 is 0 Å². The van der Waals surface area contributed by atoms with Gasteiger partial charge in [-0.1, -0.05) is 71.1 Å². The fourth-order valence-electron chi connectivity index (χ4n) is 1.93. The molecule has 1 nitrogen and oxygen atoms in total. The molecule has 0 aliphatic carbocycles. The van der Waals surface area contributed by atoms with Crippen LogP contribution in [0, 0.1) is 0 Å². The normalized spacial score (nSPS) is 11.4. The molecular weight excluding hydrogens is 314 g/mol. The molecule has 0 atom stereocenters. The average molecular weight is 334 g/mol. The second-order valence-corrected chi connectivity index (χ2v) is 11.8. The molecule has 0 radical (unpaired) electrons. The van der Waals surface area contributed by atoms with Crippen LogP contribution in [0.3, 0.4) is 0 Å². The van der Waals surface area contributed by atoms with Crippen LogP contribution in [-0.4, -0.2) is 8.07 Å². The van der Waals surface area contributed by atoms with Crippen molar-refractivity contribution in [1.29, 1.82) is 0 Å². The molecule has 0 saturated carbocycles. The molecule has 19 heavy (non-hydrogen) atoms. The van der Waals surface area contributed by atoms with E-state index in [1.54, 1.807) is 0 Å². The molecule has 0 aliphatic rings. The summed E-state index contributed by atoms with van der Waals surface area (Å²) in [5.41, 5.74) is 2.46. The molecule has 0 aromatic heterocycles. The maximum atomic E-state index is 3.48. The van der Waals surface area contributed by atoms with E-state index in [0.29, 0.717) is 0 Å². The number of benzene rings is 2. The minimum absolute atomic E-state index is 0.864. The number of halogens is 1. The zero-order valence-corrected chi connectivity index (χ0v) is 14.3. The van der Waals surface area contributed by atoms with Crippen LogP contribution in [0.4, 0.5) is 5.69 Å². The van der Waals surface area contributed by atoms with Crippen molar-refractivity contribution in [3.63, 3.8) is 0 Å². The van der Waals surface area contributed by atoms with Gasteiger partial charge in [0.05, 0.1) is 8.07 Å². The number of hydrogen-bond donors (Lipinski definition) is 1. The Morgan fingerprint density at radius 1 is 1.00 bits per heavy atom. The molecule has 0 saturated heterocycles. The van der Waals surface area contributed by atoms with Crippen LogP contribution in [0.5, 0.6) is 0 Å². The molecule has 0 amide bonds. The Kier molecular flexibility index (Phi) is 4.48. The van der Waals surface area contributed by atoms with Gasteiger partial charge < -0.3 is 5.32 Å². The van der Waals surface area contributed by atoms with E-state index in [2.05, 4.69) is 77.3 Å². The summed E-state index contributed by atoms with van der Waals surface area (Å²) in [7, 11) is -1.18. The second-order valence-electron chi connectivity index (χ2n) is 5.81. The highest BCUT2D eigenvalue weighted by Crippen LogP contribution is 2.16. The van der Waals surface area contributed by atoms with E-state index in [9.17, 15) is 0 Å². The minimum Gasteiger partial charge on any atom is -0.381 e. The van der Waals surface area contributed by atoms with E-state index in [4.69, 9.17) is 0 Å². The number of anilines is 1. The molecule has 3 heteroatoms. The highest BCUT2D eigenvalue weighted by Gasteiger charge is 2.15. The molecule has 2 rings (SSSR count). The summed E-state index contributed by atoms with van der Waals surface area (Å²) in [5.74, 6) is 0. The van der Waals surface area contributed by atoms with Gasteiger partial charge in [-0.05, 0) is 23.8 Å². The van der Waals surface area contributed by atoms with Gasteiger partial charge in [-0.25, -0.2) is 0 Å². The molecule has 2 aromatic rings. The molecule has 0 spiro atoms. The van der Waals surface area contributed by atoms with E-state index in [1.807, 2.05) is 12.1 Å². The van der Waals surface area contributed by atoms with E-state index >= 15 is 0 Å². The lowest BCUT2D eigenvalue weighted by Crippen LogP contribution is -2.37. The average Bonchev–Trinajstić information content (AvgIpc) is 2.36. The van der Waals surface area contributed by atoms with Crippen molar-refractivity contribution in [2.24, 2.45) is 0 Å². The SMILES string of the molecule is C[Si](C)(C)c1ccc(CNc2cccc(Br)c2)cc1. The largest absolute Gasteiger partial charge is 0.381 e. The highest BCUT2D eigenvalue weighted by atomic mass is 79.9. The van der Waals surface area contributed by atoms with Crippen LogP contribution in [0.2, 0.25) is 19.6 Å². The van der Waals surface area contributed by atoms with Gasteiger partial charge in [0.15, 0.2) is 0 Å². The van der Waals surface area contributed by atoms with Gasteiger partial charge >= 0.3 is 0 Å². The predicted molar refractivity (Wildman–Crippen MR) is 90.9 cm³/mol. The first-order valence-electron chi connectivity index (χ1n) is 6.54. The molecule has 1 N–H and O–H groups in total. The topological polar surface area (TPSA) is 12.0 Å². The molecular formula is C16H20BrNSi. The van der Waals surface area contributed by atoms with Gasteiger partial charge in [0.1, 0.15) is 0 Å². The van der Waals surface area contributed by atoms with Crippen LogP contribution < -0.4 is 10.5 Å². The van der Waals surface area contributed by atoms with Crippen LogP contribution >= 0.6 is 15.9 Å². The Bertz CT molecular complexity index is 543. The van der Waals surface area contributed by atoms with Gasteiger partial charge in [0.2, 0.25) is 0 Å². The fourth-order valence-corrected chi connectivity index (χ4v) is 3.49. The summed E-state index contributed by atoms with van der Waals surface area (Å²) in [5, 5.41) is 4.95. The van der Waals surface area contributed by atoms with Crippen molar-refractivity contribution in [2.45, 2.75) is 26.2 Å². The van der Waals surface area contributed by atoms with E-state index in [-0.39, 0.29) is 0 Å². The second kappa shape index (κ2) is 5.93. The fraction of sp³-hybridized carbons (Fsp3) is 0.250. The Hall–Kier alpha value is -1.06. The lowest BCUT2D eigenvalue weighted by Gasteiger charge is -2.17. The van der Waals surface area contributed by atoms with Crippen LogP contribution in [-0.2, 0) is 6.54 Å². The zero-order chi connectivity index (χ0) is 13.9. The molecule has 2 aromatic carbocycles. The van der Waals surface area contributed by atoms with Crippen molar-refractivity contribution in [3.05, 3.63) is 58.6 Å². The Morgan fingerprint density at radius 3 is 2.26 bits per heavy atom. The standard InChI is InChI=1S/C16H20BrNSi/c1-19(2,3)16-9-7-13(8-10-16)12-18-15-6-4-5-14(17)11-15/h4-11,18H,12H2,1-3H3. The quantitative estimate of drug-likeness (QED) is 0.806. The monoisotopic (exact) mass is 333 g/mol. The summed E-state index contributed by atoms with van der Waals surface area (Å²) in [6, 6.07) is 17.3. The van der Waals surface area contributed by atoms with E-state index in [1.165, 1.54) is 10.8 Å². The lowest BCUT2D eigenvalue weighted by atomic mass is 10.2. The predicted octanol–water partition coefficient (Wildman–Crippen LogP) is 4.61. The van der Waals surface area contributed by atoms with E-state index in [0.717, 1.165) is 16.7 Å². The van der Waals surface area contributed by atoms with Gasteiger partial charge in [0.25, 0.3) is 0 Å². The first kappa shape index (κ1) is 14.3. The molecule has 0 unspecified atom stereocenters. The maximum Gasteiger partial charge on any atom is 0.0775 e. The zero-order valence-electron chi connectivity index (χ0n) is 11.7. The third-order valence-electron chi connectivity index (χ3n) is 3.14. The van der Waals surface area contributed by atoms with Crippen LogP contribution in [0.1, 0.15) is 5.56 Å². The van der Waals surface area contributed by atoms with Crippen molar-refractivity contribution >= 4 is 34.9 Å². The Balaban J connectivity index is 2.01.